The Balaban J connectivity index is 4.25. The average Bonchev–Trinajstić information content (AvgIpc) is 3.24. The molecule has 0 aromatic heterocycles. The molecule has 3 unspecified atom stereocenters. The van der Waals surface area contributed by atoms with Gasteiger partial charge in [0.2, 0.25) is 0 Å². The number of unbranched alkanes of at least 4 members (excludes halogenated alkanes) is 10. The first-order valence-corrected chi connectivity index (χ1v) is 24.4. The minimum absolute atomic E-state index is 0.0146. The fraction of sp³-hybridized carbons (Fsp3) is 0.620. The van der Waals surface area contributed by atoms with Crippen LogP contribution in [0.4, 0.5) is 0 Å². The highest BCUT2D eigenvalue weighted by Gasteiger charge is 2.26. The van der Waals surface area contributed by atoms with Crippen molar-refractivity contribution in [2.75, 3.05) is 33.0 Å². The summed E-state index contributed by atoms with van der Waals surface area (Å²) in [7, 11) is -4.55. The smallest absolute Gasteiger partial charge is 0.457 e. The summed E-state index contributed by atoms with van der Waals surface area (Å²) in [6, 6.07) is 0. The van der Waals surface area contributed by atoms with E-state index in [1.54, 1.807) is 0 Å². The molecule has 0 rings (SSSR count). The van der Waals surface area contributed by atoms with E-state index in [4.69, 9.17) is 23.6 Å². The van der Waals surface area contributed by atoms with Crippen LogP contribution in [-0.4, -0.2) is 66.3 Å². The molecule has 0 aromatic rings. The number of allylic oxidation sites excluding steroid dienone is 18. The molecule has 0 spiro atoms. The average molecular weight is 859 g/mol. The van der Waals surface area contributed by atoms with Crippen LogP contribution in [0.15, 0.2) is 109 Å². The molecule has 3 N–H and O–H groups in total. The van der Waals surface area contributed by atoms with Gasteiger partial charge < -0.3 is 24.6 Å². The van der Waals surface area contributed by atoms with E-state index in [1.165, 1.54) is 38.5 Å². The molecule has 3 atom stereocenters. The summed E-state index contributed by atoms with van der Waals surface area (Å²) in [6.07, 6.45) is 59.1. The first-order chi connectivity index (χ1) is 29.3. The lowest BCUT2D eigenvalue weighted by molar-refractivity contribution is -0.154. The highest BCUT2D eigenvalue weighted by atomic mass is 31.2. The van der Waals surface area contributed by atoms with Crippen LogP contribution in [0.25, 0.3) is 0 Å². The Kier molecular flexibility index (Phi) is 43.5. The van der Waals surface area contributed by atoms with E-state index in [2.05, 4.69) is 117 Å². The van der Waals surface area contributed by atoms with Crippen molar-refractivity contribution >= 4 is 13.8 Å². The van der Waals surface area contributed by atoms with Crippen LogP contribution in [0.2, 0.25) is 0 Å². The highest BCUT2D eigenvalue weighted by molar-refractivity contribution is 7.47. The van der Waals surface area contributed by atoms with Crippen molar-refractivity contribution in [2.24, 2.45) is 0 Å². The number of phosphoric acid groups is 1. The molecule has 0 aliphatic rings. The van der Waals surface area contributed by atoms with Crippen LogP contribution in [0.3, 0.4) is 0 Å². The Hall–Kier alpha value is -2.88. The van der Waals surface area contributed by atoms with Gasteiger partial charge in [0, 0.05) is 13.0 Å². The molecule has 0 aliphatic heterocycles. The summed E-state index contributed by atoms with van der Waals surface area (Å²) >= 11 is 0. The maximum Gasteiger partial charge on any atom is 0.472 e. The van der Waals surface area contributed by atoms with Crippen molar-refractivity contribution in [3.8, 4) is 0 Å². The summed E-state index contributed by atoms with van der Waals surface area (Å²) in [4.78, 5) is 22.6. The van der Waals surface area contributed by atoms with E-state index in [9.17, 15) is 19.4 Å². The highest BCUT2D eigenvalue weighted by Crippen LogP contribution is 2.43. The number of ether oxygens (including phenoxy) is 2. The van der Waals surface area contributed by atoms with Crippen LogP contribution in [0.1, 0.15) is 155 Å². The lowest BCUT2D eigenvalue weighted by Crippen LogP contribution is -2.29. The summed E-state index contributed by atoms with van der Waals surface area (Å²) in [5.74, 6) is -0.446. The van der Waals surface area contributed by atoms with Crippen LogP contribution in [0, 0.1) is 0 Å². The quantitative estimate of drug-likeness (QED) is 0.0238. The summed E-state index contributed by atoms with van der Waals surface area (Å²) in [6.45, 7) is 3.17. The minimum Gasteiger partial charge on any atom is -0.457 e. The fourth-order valence-electron chi connectivity index (χ4n) is 5.56. The normalized spacial score (nSPS) is 14.9. The van der Waals surface area contributed by atoms with Gasteiger partial charge in [0.25, 0.3) is 0 Å². The van der Waals surface area contributed by atoms with Gasteiger partial charge in [-0.2, -0.15) is 0 Å². The molecule has 0 amide bonds. The Morgan fingerprint density at radius 3 is 1.35 bits per heavy atom. The molecular formula is C50H83O9P. The number of aliphatic hydroxyl groups excluding tert-OH is 2. The minimum atomic E-state index is -4.55. The topological polar surface area (TPSA) is 132 Å². The van der Waals surface area contributed by atoms with Crippen molar-refractivity contribution in [1.29, 1.82) is 0 Å². The maximum absolute atomic E-state index is 12.6. The molecule has 0 heterocycles. The molecular weight excluding hydrogens is 776 g/mol. The second kappa shape index (κ2) is 45.6. The van der Waals surface area contributed by atoms with E-state index in [0.29, 0.717) is 13.0 Å². The summed E-state index contributed by atoms with van der Waals surface area (Å²) in [5.41, 5.74) is 0. The van der Waals surface area contributed by atoms with Crippen molar-refractivity contribution in [3.63, 3.8) is 0 Å². The van der Waals surface area contributed by atoms with E-state index in [-0.39, 0.29) is 13.0 Å². The van der Waals surface area contributed by atoms with Gasteiger partial charge in [0.1, 0.15) is 12.2 Å². The molecule has 342 valence electrons. The van der Waals surface area contributed by atoms with E-state index in [0.717, 1.165) is 89.9 Å². The molecule has 0 aromatic carbocycles. The molecule has 60 heavy (non-hydrogen) atoms. The second-order valence-electron chi connectivity index (χ2n) is 14.7. The number of rotatable bonds is 42. The van der Waals surface area contributed by atoms with Crippen molar-refractivity contribution < 1.29 is 43.0 Å². The third-order valence-electron chi connectivity index (χ3n) is 8.95. The second-order valence-corrected chi connectivity index (χ2v) is 16.1. The van der Waals surface area contributed by atoms with Crippen molar-refractivity contribution in [2.45, 2.75) is 167 Å². The lowest BCUT2D eigenvalue weighted by Gasteiger charge is -2.20. The predicted octanol–water partition coefficient (Wildman–Crippen LogP) is 13.0. The van der Waals surface area contributed by atoms with Crippen LogP contribution >= 0.6 is 7.82 Å². The van der Waals surface area contributed by atoms with Gasteiger partial charge in [-0.3, -0.25) is 13.8 Å². The first-order valence-electron chi connectivity index (χ1n) is 22.9. The van der Waals surface area contributed by atoms with Gasteiger partial charge >= 0.3 is 13.8 Å². The molecule has 0 radical (unpaired) electrons. The Morgan fingerprint density at radius 2 is 0.900 bits per heavy atom. The monoisotopic (exact) mass is 859 g/mol. The Labute approximate surface area is 365 Å². The molecule has 0 saturated heterocycles. The van der Waals surface area contributed by atoms with Gasteiger partial charge in [-0.25, -0.2) is 4.57 Å². The third kappa shape index (κ3) is 44.7. The third-order valence-corrected chi connectivity index (χ3v) is 9.90. The Bertz CT molecular complexity index is 1290. The molecule has 0 aliphatic carbocycles. The molecule has 0 bridgehead atoms. The number of hydrogen-bond donors (Lipinski definition) is 3. The van der Waals surface area contributed by atoms with E-state index >= 15 is 0 Å². The van der Waals surface area contributed by atoms with Gasteiger partial charge in [0.05, 0.1) is 26.4 Å². The summed E-state index contributed by atoms with van der Waals surface area (Å²) < 4.78 is 33.4. The zero-order valence-corrected chi connectivity index (χ0v) is 38.3. The first kappa shape index (κ1) is 57.1. The largest absolute Gasteiger partial charge is 0.472 e. The number of esters is 1. The maximum atomic E-state index is 12.6. The number of carbonyl (C=O) groups is 1. The molecule has 9 nitrogen and oxygen atoms in total. The number of phosphoric ester groups is 1. The zero-order valence-electron chi connectivity index (χ0n) is 37.4. The molecule has 0 fully saturated rings. The predicted molar refractivity (Wildman–Crippen MR) is 251 cm³/mol. The lowest BCUT2D eigenvalue weighted by atomic mass is 10.1. The number of hydrogen-bond acceptors (Lipinski definition) is 8. The van der Waals surface area contributed by atoms with Gasteiger partial charge in [-0.1, -0.05) is 168 Å². The standard InChI is InChI=1S/C50H83O9P/c1-3-5-7-9-11-13-15-17-19-21-22-23-24-25-27-29-31-33-35-37-39-41-43-56-46-49(47-58-60(54,55)57-45-48(52)44-51)59-50(53)42-40-38-36-34-32-30-28-26-20-18-16-14-12-10-8-6-4-2/h5-8,11-14,17-20,22-23,28,30,34,36,48-49,51-52H,3-4,9-10,15-16,21,24-27,29,31-33,35,37-47H2,1-2H3,(H,54,55)/b7-5-,8-6-,13-11-,14-12-,19-17-,20-18-,23-22-,30-28-,36-34-. The zero-order chi connectivity index (χ0) is 43.9. The van der Waals surface area contributed by atoms with E-state index < -0.39 is 45.8 Å². The van der Waals surface area contributed by atoms with E-state index in [1.807, 2.05) is 6.08 Å². The summed E-state index contributed by atoms with van der Waals surface area (Å²) in [5, 5.41) is 18.4. The van der Waals surface area contributed by atoms with Crippen molar-refractivity contribution in [3.05, 3.63) is 109 Å². The van der Waals surface area contributed by atoms with Crippen LogP contribution in [-0.2, 0) is 27.9 Å². The number of aliphatic hydroxyl groups is 2. The van der Waals surface area contributed by atoms with Crippen LogP contribution < -0.4 is 0 Å². The fourth-order valence-corrected chi connectivity index (χ4v) is 6.35. The molecule has 10 heteroatoms. The van der Waals surface area contributed by atoms with Crippen LogP contribution in [0.5, 0.6) is 0 Å². The van der Waals surface area contributed by atoms with Gasteiger partial charge in [0.15, 0.2) is 0 Å². The number of carbonyl (C=O) groups excluding carboxylic acids is 1. The van der Waals surface area contributed by atoms with Gasteiger partial charge in [-0.05, 0) is 89.9 Å². The Morgan fingerprint density at radius 1 is 0.517 bits per heavy atom. The SMILES string of the molecule is CC/C=C\C/C=C\C/C=C\C/C=C\C/C=C\CCCC(=O)OC(COCCCCCCCCCCC/C=C\C/C=C\C/C=C\C/C=C\CC)COP(=O)(O)OCC(O)CO. The van der Waals surface area contributed by atoms with Crippen molar-refractivity contribution in [1.82, 2.24) is 0 Å². The van der Waals surface area contributed by atoms with Gasteiger partial charge in [-0.15, -0.1) is 0 Å². The molecule has 0 saturated carbocycles.